The Balaban J connectivity index is 1.72. The van der Waals surface area contributed by atoms with E-state index in [1.54, 1.807) is 0 Å². The molecular weight excluding hydrogens is 282 g/mol. The van der Waals surface area contributed by atoms with Gasteiger partial charge in [-0.15, -0.1) is 0 Å². The van der Waals surface area contributed by atoms with Crippen molar-refractivity contribution in [3.8, 4) is 5.75 Å². The summed E-state index contributed by atoms with van der Waals surface area (Å²) in [5.41, 5.74) is 0.0777. The van der Waals surface area contributed by atoms with Crippen molar-refractivity contribution in [2.75, 3.05) is 6.61 Å². The second-order valence-electron chi connectivity index (χ2n) is 5.91. The molecule has 5 heteroatoms. The maximum atomic E-state index is 11.9. The molecule has 2 N–H and O–H groups in total. The number of amides is 1. The van der Waals surface area contributed by atoms with E-state index in [0.29, 0.717) is 25.9 Å². The molecule has 0 heterocycles. The molecule has 0 aliphatic heterocycles. The molecule has 1 aliphatic carbocycles. The normalized spacial score (nSPS) is 16.2. The molecule has 1 aromatic carbocycles. The van der Waals surface area contributed by atoms with Crippen LogP contribution < -0.4 is 10.1 Å². The van der Waals surface area contributed by atoms with Gasteiger partial charge in [0.05, 0.1) is 6.61 Å². The van der Waals surface area contributed by atoms with Gasteiger partial charge in [0.25, 0.3) is 0 Å². The number of rotatable bonds is 7. The summed E-state index contributed by atoms with van der Waals surface area (Å²) in [6, 6.07) is 7.74. The van der Waals surface area contributed by atoms with Crippen LogP contribution in [0.25, 0.3) is 0 Å². The molecule has 1 fully saturated rings. The lowest BCUT2D eigenvalue weighted by atomic mass is 9.97. The molecule has 0 saturated heterocycles. The largest absolute Gasteiger partial charge is 0.494 e. The number of benzene rings is 1. The maximum Gasteiger partial charge on any atom is 0.329 e. The molecule has 1 saturated carbocycles. The number of carbonyl (C=O) groups excluding carboxylic acids is 1. The van der Waals surface area contributed by atoms with E-state index in [-0.39, 0.29) is 12.3 Å². The third-order valence-electron chi connectivity index (χ3n) is 4.05. The highest BCUT2D eigenvalue weighted by Crippen LogP contribution is 2.30. The fourth-order valence-corrected chi connectivity index (χ4v) is 2.83. The first-order valence-corrected chi connectivity index (χ1v) is 7.76. The van der Waals surface area contributed by atoms with Gasteiger partial charge in [0.1, 0.15) is 11.3 Å². The van der Waals surface area contributed by atoms with Crippen molar-refractivity contribution in [1.29, 1.82) is 0 Å². The summed E-state index contributed by atoms with van der Waals surface area (Å²) < 4.78 is 5.58. The Hall–Kier alpha value is -2.04. The summed E-state index contributed by atoms with van der Waals surface area (Å²) in [5.74, 6) is -0.343. The van der Waals surface area contributed by atoms with Crippen molar-refractivity contribution in [3.63, 3.8) is 0 Å². The lowest BCUT2D eigenvalue weighted by Crippen LogP contribution is -2.52. The van der Waals surface area contributed by atoms with E-state index in [1.807, 2.05) is 31.2 Å². The van der Waals surface area contributed by atoms with E-state index in [2.05, 4.69) is 5.32 Å². The Morgan fingerprint density at radius 3 is 2.68 bits per heavy atom. The van der Waals surface area contributed by atoms with Gasteiger partial charge in [-0.25, -0.2) is 4.79 Å². The first kappa shape index (κ1) is 16.3. The first-order chi connectivity index (χ1) is 10.5. The molecule has 1 amide bonds. The predicted molar refractivity (Wildman–Crippen MR) is 82.9 cm³/mol. The minimum Gasteiger partial charge on any atom is -0.494 e. The minimum atomic E-state index is -1.05. The average molecular weight is 305 g/mol. The fraction of sp³-hybridized carbons (Fsp3) is 0.529. The minimum absolute atomic E-state index is 0.211. The topological polar surface area (TPSA) is 75.6 Å². The number of nitrogens with one attached hydrogen (secondary N) is 1. The van der Waals surface area contributed by atoms with Gasteiger partial charge in [-0.1, -0.05) is 25.0 Å². The lowest BCUT2D eigenvalue weighted by molar-refractivity contribution is -0.147. The van der Waals surface area contributed by atoms with E-state index in [9.17, 15) is 14.7 Å². The van der Waals surface area contributed by atoms with Crippen LogP contribution in [0.5, 0.6) is 5.75 Å². The van der Waals surface area contributed by atoms with Crippen LogP contribution in [-0.2, 0) is 9.59 Å². The number of aryl methyl sites for hydroxylation is 1. The summed E-state index contributed by atoms with van der Waals surface area (Å²) in [6.45, 7) is 2.43. The van der Waals surface area contributed by atoms with Crippen LogP contribution in [0.3, 0.4) is 0 Å². The SMILES string of the molecule is Cc1cccc(OCCCC(=O)NC2(C(=O)O)CCCC2)c1. The Labute approximate surface area is 130 Å². The van der Waals surface area contributed by atoms with Gasteiger partial charge in [0.2, 0.25) is 5.91 Å². The molecule has 120 valence electrons. The quantitative estimate of drug-likeness (QED) is 0.759. The van der Waals surface area contributed by atoms with Gasteiger partial charge in [0.15, 0.2) is 0 Å². The third-order valence-corrected chi connectivity index (χ3v) is 4.05. The fourth-order valence-electron chi connectivity index (χ4n) is 2.83. The van der Waals surface area contributed by atoms with E-state index >= 15 is 0 Å². The Kier molecular flexibility index (Phi) is 5.41. The van der Waals surface area contributed by atoms with Gasteiger partial charge in [-0.2, -0.15) is 0 Å². The smallest absolute Gasteiger partial charge is 0.329 e. The number of carboxylic acid groups (broad SMARTS) is 1. The Bertz CT molecular complexity index is 535. The zero-order chi connectivity index (χ0) is 16.0. The summed E-state index contributed by atoms with van der Waals surface area (Å²) in [6.07, 6.45) is 3.59. The molecule has 0 aromatic heterocycles. The zero-order valence-corrected chi connectivity index (χ0v) is 12.9. The summed E-state index contributed by atoms with van der Waals surface area (Å²) in [7, 11) is 0. The third kappa shape index (κ3) is 4.23. The Morgan fingerprint density at radius 1 is 1.32 bits per heavy atom. The predicted octanol–water partition coefficient (Wildman–Crippen LogP) is 2.67. The molecule has 0 atom stereocenters. The van der Waals surface area contributed by atoms with Gasteiger partial charge in [-0.05, 0) is 43.9 Å². The number of ether oxygens (including phenoxy) is 1. The van der Waals surface area contributed by atoms with Crippen molar-refractivity contribution < 1.29 is 19.4 Å². The molecule has 0 spiro atoms. The van der Waals surface area contributed by atoms with Crippen LogP contribution >= 0.6 is 0 Å². The molecule has 0 unspecified atom stereocenters. The maximum absolute atomic E-state index is 11.9. The molecule has 1 aromatic rings. The summed E-state index contributed by atoms with van der Waals surface area (Å²) >= 11 is 0. The number of carboxylic acids is 1. The second-order valence-corrected chi connectivity index (χ2v) is 5.91. The molecule has 22 heavy (non-hydrogen) atoms. The number of carbonyl (C=O) groups is 2. The molecule has 0 radical (unpaired) electrons. The van der Waals surface area contributed by atoms with Crippen molar-refractivity contribution in [2.24, 2.45) is 0 Å². The van der Waals surface area contributed by atoms with Gasteiger partial charge < -0.3 is 15.2 Å². The second kappa shape index (κ2) is 7.29. The van der Waals surface area contributed by atoms with Crippen LogP contribution in [0.4, 0.5) is 0 Å². The van der Waals surface area contributed by atoms with Crippen molar-refractivity contribution in [3.05, 3.63) is 29.8 Å². The summed E-state index contributed by atoms with van der Waals surface area (Å²) in [5, 5.41) is 12.0. The van der Waals surface area contributed by atoms with Gasteiger partial charge >= 0.3 is 5.97 Å². The Morgan fingerprint density at radius 2 is 2.05 bits per heavy atom. The number of aliphatic carboxylic acids is 1. The van der Waals surface area contributed by atoms with E-state index in [4.69, 9.17) is 4.74 Å². The van der Waals surface area contributed by atoms with Crippen LogP contribution in [0.1, 0.15) is 44.1 Å². The highest BCUT2D eigenvalue weighted by molar-refractivity contribution is 5.87. The van der Waals surface area contributed by atoms with Crippen LogP contribution in [0, 0.1) is 6.92 Å². The molecule has 2 rings (SSSR count). The van der Waals surface area contributed by atoms with Gasteiger partial charge in [-0.3, -0.25) is 4.79 Å². The highest BCUT2D eigenvalue weighted by atomic mass is 16.5. The van der Waals surface area contributed by atoms with Crippen molar-refractivity contribution >= 4 is 11.9 Å². The highest BCUT2D eigenvalue weighted by Gasteiger charge is 2.42. The average Bonchev–Trinajstić information content (AvgIpc) is 2.93. The van der Waals surface area contributed by atoms with Crippen LogP contribution in [0.15, 0.2) is 24.3 Å². The molecule has 1 aliphatic rings. The van der Waals surface area contributed by atoms with Crippen molar-refractivity contribution in [2.45, 2.75) is 51.0 Å². The molecular formula is C17H23NO4. The van der Waals surface area contributed by atoms with Gasteiger partial charge in [0, 0.05) is 6.42 Å². The van der Waals surface area contributed by atoms with E-state index in [1.165, 1.54) is 0 Å². The first-order valence-electron chi connectivity index (χ1n) is 7.76. The molecule has 0 bridgehead atoms. The van der Waals surface area contributed by atoms with E-state index in [0.717, 1.165) is 24.2 Å². The van der Waals surface area contributed by atoms with Crippen LogP contribution in [0.2, 0.25) is 0 Å². The van der Waals surface area contributed by atoms with E-state index < -0.39 is 11.5 Å². The number of hydrogen-bond donors (Lipinski definition) is 2. The van der Waals surface area contributed by atoms with Crippen molar-refractivity contribution in [1.82, 2.24) is 5.32 Å². The zero-order valence-electron chi connectivity index (χ0n) is 12.9. The molecule has 5 nitrogen and oxygen atoms in total. The lowest BCUT2D eigenvalue weighted by Gasteiger charge is -2.25. The van der Waals surface area contributed by atoms with Crippen LogP contribution in [-0.4, -0.2) is 29.1 Å². The summed E-state index contributed by atoms with van der Waals surface area (Å²) in [4.78, 5) is 23.3. The standard InChI is InChI=1S/C17H23NO4/c1-13-6-4-7-14(12-13)22-11-5-8-15(19)18-17(16(20)21)9-2-3-10-17/h4,6-7,12H,2-3,5,8-11H2,1H3,(H,18,19)(H,20,21). The number of hydrogen-bond acceptors (Lipinski definition) is 3. The monoisotopic (exact) mass is 305 g/mol.